The molecule has 0 aromatic heterocycles. The van der Waals surface area contributed by atoms with Gasteiger partial charge in [0.05, 0.1) is 97.1 Å². The van der Waals surface area contributed by atoms with Crippen LogP contribution < -0.4 is 0 Å². The third kappa shape index (κ3) is 9.50. The summed E-state index contributed by atoms with van der Waals surface area (Å²) in [6, 6.07) is 3.74. The number of carbonyl (C=O) groups is 2. The number of aliphatic hydroxyl groups is 1. The third-order valence-corrected chi connectivity index (χ3v) is 12.2. The van der Waals surface area contributed by atoms with E-state index in [1.807, 2.05) is 0 Å². The van der Waals surface area contributed by atoms with Gasteiger partial charge in [-0.05, 0) is 50.4 Å². The lowest BCUT2D eigenvalue weighted by molar-refractivity contribution is -0.395. The van der Waals surface area contributed by atoms with Gasteiger partial charge in [0, 0.05) is 46.9 Å². The SMILES string of the molecule is CCN(CC)CC.CCN(CC)CC.O=C1C(=O)C(C2c3cc([N+](=O)[O-])cc([N+](=O)[O-])c3-c3c2cc([N+](=O)[O-])cc3[N+](=O)[O-])=C(O)C1=C1c2cc([N+](=O)[O-])cc([N+](=O)[O-])c2-c2c1cc([N+](=O)[O-])cc2[N+](=O)[O-]. The van der Waals surface area contributed by atoms with Gasteiger partial charge in [0.1, 0.15) is 5.76 Å². The second kappa shape index (κ2) is 21.1. The number of carbonyl (C=O) groups excluding carboxylic acids is 2. The van der Waals surface area contributed by atoms with Crippen LogP contribution in [-0.4, -0.2) is 105 Å². The Bertz CT molecular complexity index is 2970. The normalized spacial score (nSPS) is 13.2. The molecule has 0 heterocycles. The van der Waals surface area contributed by atoms with Gasteiger partial charge < -0.3 is 14.9 Å². The molecule has 72 heavy (non-hydrogen) atoms. The van der Waals surface area contributed by atoms with Gasteiger partial charge in [-0.1, -0.05) is 41.5 Å². The first kappa shape index (κ1) is 53.6. The summed E-state index contributed by atoms with van der Waals surface area (Å²) in [6.07, 6.45) is 0. The maximum absolute atomic E-state index is 14.1. The van der Waals surface area contributed by atoms with Gasteiger partial charge in [-0.3, -0.25) is 90.5 Å². The molecule has 0 aliphatic heterocycles. The Labute approximate surface area is 403 Å². The maximum atomic E-state index is 14.1. The summed E-state index contributed by atoms with van der Waals surface area (Å²) in [5.74, 6) is -7.36. The van der Waals surface area contributed by atoms with Crippen molar-refractivity contribution in [3.05, 3.63) is 169 Å². The molecule has 4 aromatic rings. The number of non-ortho nitro benzene ring substituents is 4. The molecule has 29 nitrogen and oxygen atoms in total. The molecular weight excluding hydrogens is 961 g/mol. The number of Topliss-reactive ketones (excluding diaryl/α,β-unsaturated/α-hetero) is 2. The van der Waals surface area contributed by atoms with Gasteiger partial charge in [0.15, 0.2) is 0 Å². The Kier molecular flexibility index (Phi) is 15.7. The van der Waals surface area contributed by atoms with Crippen molar-refractivity contribution in [3.8, 4) is 22.3 Å². The fourth-order valence-corrected chi connectivity index (χ4v) is 8.73. The number of allylic oxidation sites excluding steroid dienone is 2. The number of rotatable bonds is 15. The molecule has 0 unspecified atom stereocenters. The molecule has 4 aromatic carbocycles. The standard InChI is InChI=1S/C31H10N8O19.2C6H15N/c40-29-27(21-13-1-9(32(43)44)5-17(36(51)52)23(13)24-14(21)2-10(33(45)46)6-18(24)37(53)54)30(41)31(42)28(29)22-15-3-11(34(47)48)7-19(38(55)56)25(15)26-16(22)4-12(35(49)50)8-20(26)39(57)58;2*1-4-7(5-2)6-3/h1-8,21,40H;2*4-6H2,1-3H3. The van der Waals surface area contributed by atoms with Crippen molar-refractivity contribution in [2.24, 2.45) is 0 Å². The molecule has 0 saturated carbocycles. The lowest BCUT2D eigenvalue weighted by atomic mass is 9.87. The Hall–Kier alpha value is -9.38. The molecule has 3 aliphatic rings. The highest BCUT2D eigenvalue weighted by molar-refractivity contribution is 6.55. The van der Waals surface area contributed by atoms with Crippen LogP contribution in [0.5, 0.6) is 0 Å². The zero-order valence-corrected chi connectivity index (χ0v) is 38.7. The monoisotopic (exact) mass is 1000 g/mol. The molecule has 7 rings (SSSR count). The van der Waals surface area contributed by atoms with Crippen molar-refractivity contribution in [1.29, 1.82) is 0 Å². The van der Waals surface area contributed by atoms with Crippen LogP contribution in [0.3, 0.4) is 0 Å². The second-order valence-corrected chi connectivity index (χ2v) is 15.5. The van der Waals surface area contributed by atoms with E-state index in [0.29, 0.717) is 48.5 Å². The van der Waals surface area contributed by atoms with E-state index in [0.717, 1.165) is 0 Å². The Balaban J connectivity index is 0.000000602. The van der Waals surface area contributed by atoms with Crippen molar-refractivity contribution >= 4 is 62.6 Å². The summed E-state index contributed by atoms with van der Waals surface area (Å²) in [4.78, 5) is 120. The van der Waals surface area contributed by atoms with Gasteiger partial charge in [-0.15, -0.1) is 0 Å². The molecule has 0 radical (unpaired) electrons. The zero-order valence-electron chi connectivity index (χ0n) is 38.7. The second-order valence-electron chi connectivity index (χ2n) is 15.5. The minimum atomic E-state index is -2.23. The van der Waals surface area contributed by atoms with Crippen molar-refractivity contribution < 1.29 is 54.1 Å². The lowest BCUT2D eigenvalue weighted by Crippen LogP contribution is -2.21. The van der Waals surface area contributed by atoms with Crippen LogP contribution in [0, 0.1) is 80.9 Å². The number of nitro groups is 8. The van der Waals surface area contributed by atoms with Gasteiger partial charge in [0.2, 0.25) is 11.6 Å². The number of hydrogen-bond donors (Lipinski definition) is 1. The van der Waals surface area contributed by atoms with E-state index in [2.05, 4.69) is 51.3 Å². The van der Waals surface area contributed by atoms with Crippen molar-refractivity contribution in [2.45, 2.75) is 47.5 Å². The lowest BCUT2D eigenvalue weighted by Gasteiger charge is -2.14. The molecule has 0 bridgehead atoms. The summed E-state index contributed by atoms with van der Waals surface area (Å²) in [5, 5.41) is 109. The molecular formula is C43H40N10O19. The first-order valence-corrected chi connectivity index (χ1v) is 21.5. The van der Waals surface area contributed by atoms with E-state index >= 15 is 0 Å². The zero-order chi connectivity index (χ0) is 54.0. The molecule has 376 valence electrons. The summed E-state index contributed by atoms with van der Waals surface area (Å²) in [7, 11) is 0. The van der Waals surface area contributed by atoms with Gasteiger partial charge in [-0.2, -0.15) is 0 Å². The van der Waals surface area contributed by atoms with Crippen LogP contribution >= 0.6 is 0 Å². The number of ketones is 2. The number of hydrogen-bond acceptors (Lipinski definition) is 21. The minimum Gasteiger partial charge on any atom is -0.507 e. The van der Waals surface area contributed by atoms with Crippen LogP contribution in [0.2, 0.25) is 0 Å². The number of nitro benzene ring substituents is 8. The Morgan fingerprint density at radius 3 is 0.931 bits per heavy atom. The highest BCUT2D eigenvalue weighted by atomic mass is 16.7. The van der Waals surface area contributed by atoms with E-state index < -0.39 is 169 Å². The van der Waals surface area contributed by atoms with E-state index in [1.54, 1.807) is 0 Å². The van der Waals surface area contributed by atoms with Crippen LogP contribution in [-0.2, 0) is 9.59 Å². The van der Waals surface area contributed by atoms with E-state index in [9.17, 15) is 95.6 Å². The first-order valence-electron chi connectivity index (χ1n) is 21.5. The highest BCUT2D eigenvalue weighted by Gasteiger charge is 2.52. The average Bonchev–Trinajstić information content (AvgIpc) is 3.91. The topological polar surface area (TPSA) is 406 Å². The van der Waals surface area contributed by atoms with Crippen LogP contribution in [0.25, 0.3) is 27.8 Å². The fraction of sp³-hybridized carbons (Fsp3) is 0.302. The predicted molar refractivity (Wildman–Crippen MR) is 251 cm³/mol. The smallest absolute Gasteiger partial charge is 0.284 e. The quantitative estimate of drug-likeness (QED) is 0.0446. The molecule has 0 atom stereocenters. The Morgan fingerprint density at radius 1 is 0.403 bits per heavy atom. The predicted octanol–water partition coefficient (Wildman–Crippen LogP) is 8.21. The molecule has 1 N–H and O–H groups in total. The maximum Gasteiger partial charge on any atom is 0.284 e. The fourth-order valence-electron chi connectivity index (χ4n) is 8.73. The van der Waals surface area contributed by atoms with E-state index in [1.165, 1.54) is 39.3 Å². The molecule has 29 heteroatoms. The number of nitrogens with zero attached hydrogens (tertiary/aromatic N) is 10. The van der Waals surface area contributed by atoms with Crippen molar-refractivity contribution in [1.82, 2.24) is 9.80 Å². The highest BCUT2D eigenvalue weighted by Crippen LogP contribution is 2.60. The molecule has 0 spiro atoms. The summed E-state index contributed by atoms with van der Waals surface area (Å²) in [6.45, 7) is 20.2. The Morgan fingerprint density at radius 2 is 0.681 bits per heavy atom. The largest absolute Gasteiger partial charge is 0.507 e. The first-order chi connectivity index (χ1) is 33.9. The third-order valence-electron chi connectivity index (χ3n) is 12.2. The molecule has 0 saturated heterocycles. The number of aliphatic hydroxyl groups excluding tert-OH is 1. The van der Waals surface area contributed by atoms with Gasteiger partial charge in [0.25, 0.3) is 45.5 Å². The molecule has 0 fully saturated rings. The van der Waals surface area contributed by atoms with E-state index in [-0.39, 0.29) is 0 Å². The molecule has 0 amide bonds. The average molecular weight is 1000 g/mol. The summed E-state index contributed by atoms with van der Waals surface area (Å²) >= 11 is 0. The van der Waals surface area contributed by atoms with E-state index in [4.69, 9.17) is 0 Å². The minimum absolute atomic E-state index is 0.371. The van der Waals surface area contributed by atoms with Crippen LogP contribution in [0.1, 0.15) is 69.7 Å². The number of fused-ring (bicyclic) bond motifs is 6. The van der Waals surface area contributed by atoms with Gasteiger partial charge in [-0.25, -0.2) is 0 Å². The van der Waals surface area contributed by atoms with Crippen LogP contribution in [0.4, 0.5) is 45.5 Å². The van der Waals surface area contributed by atoms with Crippen LogP contribution in [0.15, 0.2) is 65.4 Å². The van der Waals surface area contributed by atoms with Crippen molar-refractivity contribution in [3.63, 3.8) is 0 Å². The summed E-state index contributed by atoms with van der Waals surface area (Å²) < 4.78 is 0. The number of benzene rings is 4. The summed E-state index contributed by atoms with van der Waals surface area (Å²) in [5.41, 5.74) is -18.9. The van der Waals surface area contributed by atoms with Crippen molar-refractivity contribution in [2.75, 3.05) is 39.3 Å². The van der Waals surface area contributed by atoms with Gasteiger partial charge >= 0.3 is 0 Å². The molecule has 3 aliphatic carbocycles.